The van der Waals surface area contributed by atoms with Crippen molar-refractivity contribution in [3.05, 3.63) is 28.8 Å². The number of esters is 1. The average molecular weight is 298 g/mol. The van der Waals surface area contributed by atoms with Gasteiger partial charge in [-0.3, -0.25) is 0 Å². The van der Waals surface area contributed by atoms with Crippen LogP contribution in [0.3, 0.4) is 0 Å². The average Bonchev–Trinajstić information content (AvgIpc) is 2.41. The summed E-state index contributed by atoms with van der Waals surface area (Å²) in [6, 6.07) is 4.81. The molecule has 1 aromatic rings. The number of carbonyl (C=O) groups excluding carboxylic acids is 1. The molecule has 0 aliphatic heterocycles. The predicted molar refractivity (Wildman–Crippen MR) is 84.1 cm³/mol. The molecule has 0 amide bonds. The van der Waals surface area contributed by atoms with Crippen molar-refractivity contribution in [3.8, 4) is 0 Å². The van der Waals surface area contributed by atoms with E-state index in [1.165, 1.54) is 32.1 Å². The van der Waals surface area contributed by atoms with Gasteiger partial charge in [0.2, 0.25) is 0 Å². The molecule has 0 aliphatic rings. The van der Waals surface area contributed by atoms with Crippen LogP contribution in [0.1, 0.15) is 62.2 Å². The lowest BCUT2D eigenvalue weighted by molar-refractivity contribution is 0.0498. The number of nitrogen functional groups attached to an aromatic ring is 1. The highest BCUT2D eigenvalue weighted by Gasteiger charge is 2.11. The van der Waals surface area contributed by atoms with Gasteiger partial charge in [0.25, 0.3) is 0 Å². The van der Waals surface area contributed by atoms with Crippen LogP contribution in [0.5, 0.6) is 0 Å². The Kier molecular flexibility index (Phi) is 8.12. The molecule has 1 rings (SSSR count). The number of carbonyl (C=O) groups is 1. The number of hydrogen-bond acceptors (Lipinski definition) is 3. The fraction of sp³-hybridized carbons (Fsp3) is 0.562. The Bertz CT molecular complexity index is 421. The van der Waals surface area contributed by atoms with Gasteiger partial charge >= 0.3 is 5.97 Å². The van der Waals surface area contributed by atoms with E-state index >= 15 is 0 Å². The number of benzene rings is 1. The van der Waals surface area contributed by atoms with E-state index in [4.69, 9.17) is 22.1 Å². The summed E-state index contributed by atoms with van der Waals surface area (Å²) in [5.74, 6) is -0.374. The van der Waals surface area contributed by atoms with Crippen molar-refractivity contribution in [2.45, 2.75) is 51.9 Å². The molecule has 0 unspecified atom stereocenters. The Hall–Kier alpha value is -1.22. The zero-order valence-corrected chi connectivity index (χ0v) is 12.9. The van der Waals surface area contributed by atoms with Gasteiger partial charge in [-0.05, 0) is 24.6 Å². The first kappa shape index (κ1) is 16.8. The molecule has 2 N–H and O–H groups in total. The van der Waals surface area contributed by atoms with E-state index in [2.05, 4.69) is 6.92 Å². The van der Waals surface area contributed by atoms with Crippen LogP contribution in [-0.2, 0) is 4.74 Å². The van der Waals surface area contributed by atoms with Crippen LogP contribution in [0, 0.1) is 0 Å². The van der Waals surface area contributed by atoms with E-state index in [0.29, 0.717) is 22.9 Å². The van der Waals surface area contributed by atoms with Crippen molar-refractivity contribution in [2.75, 3.05) is 12.3 Å². The second kappa shape index (κ2) is 9.65. The maximum atomic E-state index is 11.8. The SMILES string of the molecule is CCCCCCCCCOC(=O)c1ccc(N)cc1Cl. The minimum atomic E-state index is -0.374. The number of nitrogens with two attached hydrogens (primary N) is 1. The van der Waals surface area contributed by atoms with Crippen molar-refractivity contribution in [1.29, 1.82) is 0 Å². The molecule has 20 heavy (non-hydrogen) atoms. The molecule has 0 atom stereocenters. The Morgan fingerprint density at radius 2 is 1.80 bits per heavy atom. The van der Waals surface area contributed by atoms with E-state index in [1.54, 1.807) is 18.2 Å². The lowest BCUT2D eigenvalue weighted by Gasteiger charge is -2.07. The van der Waals surface area contributed by atoms with Crippen LogP contribution in [-0.4, -0.2) is 12.6 Å². The van der Waals surface area contributed by atoms with Gasteiger partial charge in [0.05, 0.1) is 17.2 Å². The lowest BCUT2D eigenvalue weighted by atomic mass is 10.1. The molecular formula is C16H24ClNO2. The Morgan fingerprint density at radius 1 is 1.15 bits per heavy atom. The number of hydrogen-bond donors (Lipinski definition) is 1. The highest BCUT2D eigenvalue weighted by atomic mass is 35.5. The zero-order valence-electron chi connectivity index (χ0n) is 12.2. The van der Waals surface area contributed by atoms with Crippen molar-refractivity contribution in [3.63, 3.8) is 0 Å². The maximum Gasteiger partial charge on any atom is 0.339 e. The van der Waals surface area contributed by atoms with Crippen LogP contribution in [0.15, 0.2) is 18.2 Å². The Morgan fingerprint density at radius 3 is 2.45 bits per heavy atom. The van der Waals surface area contributed by atoms with Crippen molar-refractivity contribution in [1.82, 2.24) is 0 Å². The summed E-state index contributed by atoms with van der Waals surface area (Å²) in [6.07, 6.45) is 8.37. The molecule has 1 aromatic carbocycles. The summed E-state index contributed by atoms with van der Waals surface area (Å²) in [4.78, 5) is 11.8. The second-order valence-corrected chi connectivity index (χ2v) is 5.40. The third-order valence-corrected chi connectivity index (χ3v) is 3.51. The first-order chi connectivity index (χ1) is 9.65. The van der Waals surface area contributed by atoms with Crippen LogP contribution < -0.4 is 5.73 Å². The molecule has 0 saturated carbocycles. The van der Waals surface area contributed by atoms with Gasteiger partial charge in [-0.25, -0.2) is 4.79 Å². The minimum absolute atomic E-state index is 0.342. The molecule has 0 spiro atoms. The van der Waals surface area contributed by atoms with E-state index in [0.717, 1.165) is 12.8 Å². The van der Waals surface area contributed by atoms with Crippen molar-refractivity contribution < 1.29 is 9.53 Å². The summed E-state index contributed by atoms with van der Waals surface area (Å²) in [5, 5.41) is 0.342. The molecule has 112 valence electrons. The van der Waals surface area contributed by atoms with Gasteiger partial charge in [0.15, 0.2) is 0 Å². The van der Waals surface area contributed by atoms with E-state index in [9.17, 15) is 4.79 Å². The molecule has 0 radical (unpaired) electrons. The normalized spacial score (nSPS) is 10.5. The van der Waals surface area contributed by atoms with E-state index in [1.807, 2.05) is 0 Å². The number of unbranched alkanes of at least 4 members (excludes halogenated alkanes) is 6. The summed E-state index contributed by atoms with van der Waals surface area (Å²) in [6.45, 7) is 2.66. The van der Waals surface area contributed by atoms with Crippen LogP contribution in [0.2, 0.25) is 5.02 Å². The number of ether oxygens (including phenoxy) is 1. The smallest absolute Gasteiger partial charge is 0.339 e. The number of rotatable bonds is 9. The highest BCUT2D eigenvalue weighted by molar-refractivity contribution is 6.33. The standard InChI is InChI=1S/C16H24ClNO2/c1-2-3-4-5-6-7-8-11-20-16(19)14-10-9-13(18)12-15(14)17/h9-10,12H,2-8,11,18H2,1H3. The molecule has 0 aromatic heterocycles. The summed E-state index contributed by atoms with van der Waals surface area (Å²) < 4.78 is 5.21. The predicted octanol–water partition coefficient (Wildman–Crippen LogP) is 4.83. The number of halogens is 1. The Labute approximate surface area is 126 Å². The first-order valence-electron chi connectivity index (χ1n) is 7.37. The third-order valence-electron chi connectivity index (χ3n) is 3.19. The lowest BCUT2D eigenvalue weighted by Crippen LogP contribution is -2.07. The topological polar surface area (TPSA) is 52.3 Å². The quantitative estimate of drug-likeness (QED) is 0.403. The fourth-order valence-corrected chi connectivity index (χ4v) is 2.26. The van der Waals surface area contributed by atoms with E-state index < -0.39 is 0 Å². The van der Waals surface area contributed by atoms with Crippen LogP contribution in [0.25, 0.3) is 0 Å². The summed E-state index contributed by atoms with van der Waals surface area (Å²) in [7, 11) is 0. The molecule has 0 saturated heterocycles. The van der Waals surface area contributed by atoms with Crippen molar-refractivity contribution >= 4 is 23.3 Å². The molecular weight excluding hydrogens is 274 g/mol. The van der Waals surface area contributed by atoms with Gasteiger partial charge in [0, 0.05) is 5.69 Å². The molecule has 3 nitrogen and oxygen atoms in total. The van der Waals surface area contributed by atoms with Gasteiger partial charge in [-0.15, -0.1) is 0 Å². The fourth-order valence-electron chi connectivity index (χ4n) is 2.00. The Balaban J connectivity index is 2.17. The molecule has 0 bridgehead atoms. The molecule has 4 heteroatoms. The molecule has 0 fully saturated rings. The number of anilines is 1. The third kappa shape index (κ3) is 6.29. The van der Waals surface area contributed by atoms with Gasteiger partial charge in [0.1, 0.15) is 0 Å². The largest absolute Gasteiger partial charge is 0.462 e. The van der Waals surface area contributed by atoms with Crippen LogP contribution >= 0.6 is 11.6 Å². The zero-order chi connectivity index (χ0) is 14.8. The second-order valence-electron chi connectivity index (χ2n) is 5.00. The van der Waals surface area contributed by atoms with Gasteiger partial charge in [-0.2, -0.15) is 0 Å². The molecule has 0 aliphatic carbocycles. The maximum absolute atomic E-state index is 11.8. The van der Waals surface area contributed by atoms with E-state index in [-0.39, 0.29) is 5.97 Å². The summed E-state index contributed by atoms with van der Waals surface area (Å²) in [5.41, 5.74) is 6.50. The molecule has 0 heterocycles. The van der Waals surface area contributed by atoms with Crippen LogP contribution in [0.4, 0.5) is 5.69 Å². The van der Waals surface area contributed by atoms with Gasteiger partial charge in [-0.1, -0.05) is 57.0 Å². The first-order valence-corrected chi connectivity index (χ1v) is 7.75. The monoisotopic (exact) mass is 297 g/mol. The highest BCUT2D eigenvalue weighted by Crippen LogP contribution is 2.20. The van der Waals surface area contributed by atoms with Crippen molar-refractivity contribution in [2.24, 2.45) is 0 Å². The summed E-state index contributed by atoms with van der Waals surface area (Å²) >= 11 is 5.95. The minimum Gasteiger partial charge on any atom is -0.462 e. The van der Waals surface area contributed by atoms with Gasteiger partial charge < -0.3 is 10.5 Å².